The number of aliphatic hydroxyl groups is 2. The summed E-state index contributed by atoms with van der Waals surface area (Å²) in [5.74, 6) is -0.182. The first-order chi connectivity index (χ1) is 18.2. The number of nitrogens with one attached hydrogen (secondary N) is 2. The minimum absolute atomic E-state index is 0.180. The van der Waals surface area contributed by atoms with Gasteiger partial charge in [-0.15, -0.1) is 0 Å². The van der Waals surface area contributed by atoms with Crippen LogP contribution in [0.1, 0.15) is 47.3 Å². The van der Waals surface area contributed by atoms with Crippen LogP contribution in [-0.4, -0.2) is 62.3 Å². The summed E-state index contributed by atoms with van der Waals surface area (Å²) in [4.78, 5) is 38.4. The topological polar surface area (TPSA) is 178 Å². The summed E-state index contributed by atoms with van der Waals surface area (Å²) in [6, 6.07) is 8.07. The number of hydrogen-bond donors (Lipinski definition) is 4. The lowest BCUT2D eigenvalue weighted by atomic mass is 9.96. The second-order valence-corrected chi connectivity index (χ2v) is 11.8. The normalized spacial score (nSPS) is 26.1. The summed E-state index contributed by atoms with van der Waals surface area (Å²) in [7, 11) is -4.29. The number of H-pyrrole nitrogens is 1. The molecule has 1 aromatic heterocycles. The van der Waals surface area contributed by atoms with E-state index in [1.165, 1.54) is 26.0 Å². The van der Waals surface area contributed by atoms with E-state index in [2.05, 4.69) is 10.1 Å². The quantitative estimate of drug-likeness (QED) is 0.216. The summed E-state index contributed by atoms with van der Waals surface area (Å²) >= 11 is 0. The van der Waals surface area contributed by atoms with Gasteiger partial charge in [-0.25, -0.2) is 9.36 Å². The highest BCUT2D eigenvalue weighted by Crippen LogP contribution is 2.46. The van der Waals surface area contributed by atoms with Gasteiger partial charge in [0.05, 0.1) is 12.7 Å². The lowest BCUT2D eigenvalue weighted by Crippen LogP contribution is -2.47. The van der Waals surface area contributed by atoms with Gasteiger partial charge >= 0.3 is 19.4 Å². The molecule has 39 heavy (non-hydrogen) atoms. The van der Waals surface area contributed by atoms with Gasteiger partial charge < -0.3 is 24.2 Å². The third-order valence-electron chi connectivity index (χ3n) is 6.06. The highest BCUT2D eigenvalue weighted by atomic mass is 31.2. The summed E-state index contributed by atoms with van der Waals surface area (Å²) in [5, 5.41) is 24.2. The van der Waals surface area contributed by atoms with Crippen LogP contribution < -0.4 is 20.9 Å². The maximum atomic E-state index is 13.8. The highest BCUT2D eigenvalue weighted by molar-refractivity contribution is 7.52. The molecule has 7 atom stereocenters. The van der Waals surface area contributed by atoms with E-state index in [9.17, 15) is 29.2 Å². The van der Waals surface area contributed by atoms with Crippen LogP contribution in [0.15, 0.2) is 52.2 Å². The van der Waals surface area contributed by atoms with E-state index in [4.69, 9.17) is 18.5 Å². The van der Waals surface area contributed by atoms with Crippen molar-refractivity contribution in [2.24, 2.45) is 5.92 Å². The molecular weight excluding hydrogens is 533 g/mol. The number of benzene rings is 1. The first kappa shape index (κ1) is 30.7. The Bertz CT molecular complexity index is 1280. The minimum Gasteiger partial charge on any atom is -0.461 e. The number of aromatic amines is 1. The average molecular weight is 570 g/mol. The van der Waals surface area contributed by atoms with Gasteiger partial charge in [-0.3, -0.25) is 23.7 Å². The lowest BCUT2D eigenvalue weighted by molar-refractivity contribution is -0.150. The second kappa shape index (κ2) is 12.6. The van der Waals surface area contributed by atoms with Gasteiger partial charge in [-0.05, 0) is 45.2 Å². The van der Waals surface area contributed by atoms with Gasteiger partial charge in [0.15, 0.2) is 6.23 Å². The molecule has 1 fully saturated rings. The van der Waals surface area contributed by atoms with Gasteiger partial charge in [0.2, 0.25) is 0 Å². The largest absolute Gasteiger partial charge is 0.461 e. The molecule has 1 aromatic carbocycles. The molecule has 1 aliphatic heterocycles. The number of carbonyl (C=O) groups excluding carboxylic acids is 1. The molecule has 14 heteroatoms. The number of nitrogens with zero attached hydrogens (tertiary/aromatic N) is 1. The van der Waals surface area contributed by atoms with E-state index < -0.39 is 61.7 Å². The number of hydrogen-bond acceptors (Lipinski definition) is 10. The Morgan fingerprint density at radius 2 is 1.87 bits per heavy atom. The molecule has 216 valence electrons. The fraction of sp³-hybridized carbons (Fsp3) is 0.560. The van der Waals surface area contributed by atoms with Crippen molar-refractivity contribution in [3.05, 3.63) is 63.4 Å². The molecule has 0 saturated carbocycles. The van der Waals surface area contributed by atoms with Crippen LogP contribution in [0.25, 0.3) is 0 Å². The van der Waals surface area contributed by atoms with E-state index in [1.54, 1.807) is 25.1 Å². The number of aromatic nitrogens is 2. The molecule has 3 rings (SSSR count). The molecule has 4 N–H and O–H groups in total. The molecule has 2 heterocycles. The fourth-order valence-corrected chi connectivity index (χ4v) is 5.68. The van der Waals surface area contributed by atoms with Gasteiger partial charge in [-0.2, -0.15) is 5.09 Å². The molecule has 0 radical (unpaired) electrons. The summed E-state index contributed by atoms with van der Waals surface area (Å²) in [6.45, 7) is 7.88. The van der Waals surface area contributed by atoms with Crippen LogP contribution in [-0.2, 0) is 23.4 Å². The van der Waals surface area contributed by atoms with Gasteiger partial charge in [0.1, 0.15) is 29.6 Å². The first-order valence-electron chi connectivity index (χ1n) is 12.6. The molecule has 2 aromatic rings. The molecule has 1 aliphatic rings. The van der Waals surface area contributed by atoms with Crippen molar-refractivity contribution in [3.8, 4) is 5.75 Å². The zero-order valence-electron chi connectivity index (χ0n) is 22.5. The van der Waals surface area contributed by atoms with E-state index in [0.29, 0.717) is 12.3 Å². The number of ether oxygens (including phenoxy) is 2. The predicted molar refractivity (Wildman–Crippen MR) is 140 cm³/mol. The number of rotatable bonds is 12. The summed E-state index contributed by atoms with van der Waals surface area (Å²) in [5.41, 5.74) is -3.50. The van der Waals surface area contributed by atoms with Crippen LogP contribution in [0.4, 0.5) is 0 Å². The molecule has 13 nitrogen and oxygen atoms in total. The van der Waals surface area contributed by atoms with Crippen molar-refractivity contribution in [3.63, 3.8) is 0 Å². The first-order valence-corrected chi connectivity index (χ1v) is 14.1. The Morgan fingerprint density at radius 3 is 2.49 bits per heavy atom. The van der Waals surface area contributed by atoms with Crippen LogP contribution in [0.5, 0.6) is 5.75 Å². The maximum Gasteiger partial charge on any atom is 0.459 e. The molecule has 1 saturated heterocycles. The van der Waals surface area contributed by atoms with Crippen molar-refractivity contribution in [1.29, 1.82) is 0 Å². The second-order valence-electron chi connectivity index (χ2n) is 10.1. The molecular formula is C25H36N3O10P. The Balaban J connectivity index is 1.77. The molecule has 0 spiro atoms. The van der Waals surface area contributed by atoms with Crippen molar-refractivity contribution < 1.29 is 38.1 Å². The SMILES string of the molecule is CC(C)CC(C)OC(=O)[C@H](C)N[P@](=O)(OC[C@H]1O[C@@H](n2ccc(=O)[nH]c2=O)[C@](C)(O)[C@@H]1O)Oc1ccccc1. The van der Waals surface area contributed by atoms with Crippen LogP contribution in [0.3, 0.4) is 0 Å². The van der Waals surface area contributed by atoms with E-state index >= 15 is 0 Å². The van der Waals surface area contributed by atoms with Crippen LogP contribution in [0, 0.1) is 5.92 Å². The van der Waals surface area contributed by atoms with Gasteiger partial charge in [0, 0.05) is 12.3 Å². The Kier molecular flexibility index (Phi) is 9.92. The number of aliphatic hydroxyl groups excluding tert-OH is 1. The third kappa shape index (κ3) is 7.87. The van der Waals surface area contributed by atoms with E-state index in [0.717, 1.165) is 16.8 Å². The van der Waals surface area contributed by atoms with Crippen LogP contribution >= 0.6 is 7.75 Å². The smallest absolute Gasteiger partial charge is 0.459 e. The third-order valence-corrected chi connectivity index (χ3v) is 7.71. The lowest BCUT2D eigenvalue weighted by Gasteiger charge is -2.27. The molecule has 0 bridgehead atoms. The van der Waals surface area contributed by atoms with Crippen molar-refractivity contribution in [2.75, 3.05) is 6.61 Å². The number of esters is 1. The van der Waals surface area contributed by atoms with Crippen molar-refractivity contribution >= 4 is 13.7 Å². The molecule has 0 amide bonds. The van der Waals surface area contributed by atoms with Crippen molar-refractivity contribution in [2.45, 2.75) is 77.2 Å². The summed E-state index contributed by atoms with van der Waals surface area (Å²) in [6.07, 6.45) is -2.87. The van der Waals surface area contributed by atoms with Crippen LogP contribution in [0.2, 0.25) is 0 Å². The highest BCUT2D eigenvalue weighted by Gasteiger charge is 2.54. The maximum absolute atomic E-state index is 13.8. The monoisotopic (exact) mass is 569 g/mol. The zero-order chi connectivity index (χ0) is 29.0. The predicted octanol–water partition coefficient (Wildman–Crippen LogP) is 1.71. The molecule has 0 aliphatic carbocycles. The fourth-order valence-electron chi connectivity index (χ4n) is 4.17. The standard InChI is InChI=1S/C25H36N3O10P/c1-15(2)13-16(3)36-22(31)17(4)27-39(34,38-18-9-7-6-8-10-18)35-14-19-21(30)25(5,33)23(37-19)28-12-11-20(29)26-24(28)32/h6-12,15-17,19,21,23,30,33H,13-14H2,1-5H3,(H,27,34)(H,26,29,32)/t16?,17-,19+,21+,23+,25+,39-/m0/s1. The Hall–Kier alpha value is -2.80. The van der Waals surface area contributed by atoms with E-state index in [1.807, 2.05) is 13.8 Å². The van der Waals surface area contributed by atoms with Crippen molar-refractivity contribution in [1.82, 2.24) is 14.6 Å². The number of para-hydroxylation sites is 1. The van der Waals surface area contributed by atoms with E-state index in [-0.39, 0.29) is 11.9 Å². The summed E-state index contributed by atoms with van der Waals surface area (Å²) < 4.78 is 37.0. The minimum atomic E-state index is -4.29. The van der Waals surface area contributed by atoms with Gasteiger partial charge in [-0.1, -0.05) is 32.0 Å². The Morgan fingerprint density at radius 1 is 1.21 bits per heavy atom. The van der Waals surface area contributed by atoms with Gasteiger partial charge in [0.25, 0.3) is 5.56 Å². The number of carbonyl (C=O) groups is 1. The Labute approximate surface area is 225 Å². The molecule has 1 unspecified atom stereocenters. The average Bonchev–Trinajstić information content (AvgIpc) is 3.06. The zero-order valence-corrected chi connectivity index (χ0v) is 23.4.